The molecule has 0 radical (unpaired) electrons. The fourth-order valence-corrected chi connectivity index (χ4v) is 4.77. The topological polar surface area (TPSA) is 66.4 Å². The van der Waals surface area contributed by atoms with Gasteiger partial charge in [0.05, 0.1) is 33.0 Å². The van der Waals surface area contributed by atoms with E-state index in [9.17, 15) is 5.11 Å². The predicted octanol–water partition coefficient (Wildman–Crippen LogP) is 5.68. The van der Waals surface area contributed by atoms with Crippen LogP contribution in [0.4, 0.5) is 0 Å². The minimum absolute atomic E-state index is 0.224. The molecule has 6 heteroatoms. The number of hydrogen-bond donors (Lipinski definition) is 1. The van der Waals surface area contributed by atoms with Gasteiger partial charge in [-0.05, 0) is 22.3 Å². The Morgan fingerprint density at radius 1 is 0.475 bits per heavy atom. The second-order valence-corrected chi connectivity index (χ2v) is 9.85. The Morgan fingerprint density at radius 3 is 1.30 bits per heavy atom. The molecule has 208 valence electrons. The van der Waals surface area contributed by atoms with Crippen molar-refractivity contribution < 1.29 is 28.8 Å². The minimum atomic E-state index is -1.22. The molecule has 4 aromatic rings. The Hall–Kier alpha value is -3.36. The Labute approximate surface area is 236 Å². The molecule has 2 unspecified atom stereocenters. The number of aliphatic hydroxyl groups excluding tert-OH is 1. The van der Waals surface area contributed by atoms with Crippen molar-refractivity contribution >= 4 is 0 Å². The largest absolute Gasteiger partial charge is 0.374 e. The lowest BCUT2D eigenvalue weighted by Crippen LogP contribution is -2.61. The van der Waals surface area contributed by atoms with Gasteiger partial charge in [-0.2, -0.15) is 0 Å². The summed E-state index contributed by atoms with van der Waals surface area (Å²) in [7, 11) is 0. The molecule has 1 aliphatic rings. The van der Waals surface area contributed by atoms with E-state index >= 15 is 0 Å². The predicted molar refractivity (Wildman–Crippen MR) is 152 cm³/mol. The summed E-state index contributed by atoms with van der Waals surface area (Å²) in [4.78, 5) is 0. The molecule has 5 atom stereocenters. The van der Waals surface area contributed by atoms with Gasteiger partial charge >= 0.3 is 0 Å². The van der Waals surface area contributed by atoms with Gasteiger partial charge in [0.15, 0.2) is 6.29 Å². The van der Waals surface area contributed by atoms with Crippen LogP contribution in [0.25, 0.3) is 0 Å². The summed E-state index contributed by atoms with van der Waals surface area (Å²) >= 11 is 0. The first-order valence-electron chi connectivity index (χ1n) is 13.7. The highest BCUT2D eigenvalue weighted by molar-refractivity contribution is 5.16. The summed E-state index contributed by atoms with van der Waals surface area (Å²) in [6, 6.07) is 39.7. The molecule has 0 aliphatic carbocycles. The molecule has 1 fully saturated rings. The van der Waals surface area contributed by atoms with E-state index in [4.69, 9.17) is 23.7 Å². The van der Waals surface area contributed by atoms with Crippen LogP contribution in [0.5, 0.6) is 0 Å². The fraction of sp³-hybridized carbons (Fsp3) is 0.294. The van der Waals surface area contributed by atoms with Gasteiger partial charge in [-0.1, -0.05) is 121 Å². The van der Waals surface area contributed by atoms with Crippen LogP contribution in [0.2, 0.25) is 0 Å². The molecule has 0 amide bonds. The molecular formula is C34H36O6. The van der Waals surface area contributed by atoms with Crippen LogP contribution in [0.1, 0.15) is 22.3 Å². The molecule has 6 nitrogen and oxygen atoms in total. The zero-order valence-electron chi connectivity index (χ0n) is 22.5. The summed E-state index contributed by atoms with van der Waals surface area (Å²) < 4.78 is 31.4. The van der Waals surface area contributed by atoms with Crippen molar-refractivity contribution in [2.24, 2.45) is 0 Å². The third kappa shape index (κ3) is 8.08. The number of aliphatic hydroxyl groups is 1. The SMILES string of the molecule is OC1OC(COCc2ccccc2)[C@@H](OCc2ccccc2)[C@@H](OCc2ccccc2)[C@@H]1OCc1ccccc1. The highest BCUT2D eigenvalue weighted by atomic mass is 16.7. The molecule has 40 heavy (non-hydrogen) atoms. The zero-order chi connectivity index (χ0) is 27.4. The van der Waals surface area contributed by atoms with Crippen molar-refractivity contribution in [1.82, 2.24) is 0 Å². The maximum atomic E-state index is 11.2. The van der Waals surface area contributed by atoms with Crippen LogP contribution in [0.3, 0.4) is 0 Å². The van der Waals surface area contributed by atoms with Crippen molar-refractivity contribution in [3.8, 4) is 0 Å². The Balaban J connectivity index is 1.36. The first-order chi connectivity index (χ1) is 19.8. The molecule has 0 bridgehead atoms. The summed E-state index contributed by atoms with van der Waals surface area (Å²) in [5.41, 5.74) is 4.10. The first kappa shape index (κ1) is 28.2. The number of hydrogen-bond acceptors (Lipinski definition) is 6. The number of benzene rings is 4. The van der Waals surface area contributed by atoms with Gasteiger partial charge in [-0.3, -0.25) is 0 Å². The lowest BCUT2D eigenvalue weighted by atomic mass is 9.98. The second-order valence-electron chi connectivity index (χ2n) is 9.85. The van der Waals surface area contributed by atoms with E-state index in [-0.39, 0.29) is 6.61 Å². The van der Waals surface area contributed by atoms with Gasteiger partial charge in [0.1, 0.15) is 24.4 Å². The summed E-state index contributed by atoms with van der Waals surface area (Å²) in [6.07, 6.45) is -3.72. The van der Waals surface area contributed by atoms with Crippen molar-refractivity contribution in [2.75, 3.05) is 6.61 Å². The van der Waals surface area contributed by atoms with E-state index in [1.165, 1.54) is 0 Å². The van der Waals surface area contributed by atoms with Crippen LogP contribution >= 0.6 is 0 Å². The van der Waals surface area contributed by atoms with E-state index in [1.807, 2.05) is 121 Å². The lowest BCUT2D eigenvalue weighted by molar-refractivity contribution is -0.317. The Morgan fingerprint density at radius 2 is 0.850 bits per heavy atom. The van der Waals surface area contributed by atoms with E-state index in [0.29, 0.717) is 26.4 Å². The van der Waals surface area contributed by atoms with Gasteiger partial charge in [-0.25, -0.2) is 0 Å². The molecule has 1 aliphatic heterocycles. The average Bonchev–Trinajstić information content (AvgIpc) is 3.01. The molecule has 0 aromatic heterocycles. The number of rotatable bonds is 13. The third-order valence-corrected chi connectivity index (χ3v) is 6.86. The molecule has 1 heterocycles. The summed E-state index contributed by atoms with van der Waals surface area (Å²) in [5, 5.41) is 11.2. The second kappa shape index (κ2) is 14.9. The van der Waals surface area contributed by atoms with Gasteiger partial charge in [0.2, 0.25) is 0 Å². The Kier molecular flexibility index (Phi) is 10.5. The van der Waals surface area contributed by atoms with Crippen molar-refractivity contribution in [3.05, 3.63) is 144 Å². The Bertz CT molecular complexity index is 1240. The smallest absolute Gasteiger partial charge is 0.184 e. The summed E-state index contributed by atoms with van der Waals surface area (Å²) in [6.45, 7) is 1.65. The van der Waals surface area contributed by atoms with Crippen LogP contribution < -0.4 is 0 Å². The van der Waals surface area contributed by atoms with Gasteiger partial charge in [0.25, 0.3) is 0 Å². The van der Waals surface area contributed by atoms with Gasteiger partial charge in [-0.15, -0.1) is 0 Å². The van der Waals surface area contributed by atoms with Crippen molar-refractivity contribution in [3.63, 3.8) is 0 Å². The molecule has 4 aromatic carbocycles. The number of ether oxygens (including phenoxy) is 5. The van der Waals surface area contributed by atoms with E-state index < -0.39 is 30.7 Å². The van der Waals surface area contributed by atoms with Crippen molar-refractivity contribution in [2.45, 2.75) is 57.1 Å². The third-order valence-electron chi connectivity index (χ3n) is 6.86. The molecule has 1 saturated heterocycles. The molecular weight excluding hydrogens is 504 g/mol. The van der Waals surface area contributed by atoms with Gasteiger partial charge in [0, 0.05) is 0 Å². The summed E-state index contributed by atoms with van der Waals surface area (Å²) in [5.74, 6) is 0. The maximum Gasteiger partial charge on any atom is 0.184 e. The molecule has 0 spiro atoms. The highest BCUT2D eigenvalue weighted by Gasteiger charge is 2.48. The van der Waals surface area contributed by atoms with Gasteiger partial charge < -0.3 is 28.8 Å². The standard InChI is InChI=1S/C34H36O6/c35-34-33(39-24-29-19-11-4-12-20-29)32(38-23-28-17-9-3-10-18-28)31(37-22-27-15-7-2-8-16-27)30(40-34)25-36-21-26-13-5-1-6-14-26/h1-20,30-35H,21-25H2/t30?,31-,32-,33+,34?/m1/s1. The van der Waals surface area contributed by atoms with Crippen LogP contribution in [0, 0.1) is 0 Å². The van der Waals surface area contributed by atoms with E-state index in [0.717, 1.165) is 22.3 Å². The normalized spacial score (nSPS) is 22.7. The van der Waals surface area contributed by atoms with E-state index in [2.05, 4.69) is 0 Å². The monoisotopic (exact) mass is 540 g/mol. The zero-order valence-corrected chi connectivity index (χ0v) is 22.5. The fourth-order valence-electron chi connectivity index (χ4n) is 4.77. The van der Waals surface area contributed by atoms with Crippen LogP contribution in [-0.2, 0) is 50.1 Å². The highest BCUT2D eigenvalue weighted by Crippen LogP contribution is 2.30. The first-order valence-corrected chi connectivity index (χ1v) is 13.7. The minimum Gasteiger partial charge on any atom is -0.374 e. The van der Waals surface area contributed by atoms with Crippen LogP contribution in [0.15, 0.2) is 121 Å². The lowest BCUT2D eigenvalue weighted by Gasteiger charge is -2.44. The molecule has 1 N–H and O–H groups in total. The van der Waals surface area contributed by atoms with E-state index in [1.54, 1.807) is 0 Å². The molecule has 5 rings (SSSR count). The van der Waals surface area contributed by atoms with Crippen LogP contribution in [-0.4, -0.2) is 42.4 Å². The average molecular weight is 541 g/mol. The maximum absolute atomic E-state index is 11.2. The quantitative estimate of drug-likeness (QED) is 0.236. The molecule has 0 saturated carbocycles. The van der Waals surface area contributed by atoms with Crippen molar-refractivity contribution in [1.29, 1.82) is 0 Å².